The zero-order valence-electron chi connectivity index (χ0n) is 16.7. The van der Waals surface area contributed by atoms with Gasteiger partial charge in [0.1, 0.15) is 21.9 Å². The average molecular weight is 443 g/mol. The smallest absolute Gasteiger partial charge is 0.269 e. The lowest BCUT2D eigenvalue weighted by Gasteiger charge is -2.18. The monoisotopic (exact) mass is 442 g/mol. The van der Waals surface area contributed by atoms with Gasteiger partial charge in [-0.1, -0.05) is 18.7 Å². The molecule has 1 aromatic carbocycles. The van der Waals surface area contributed by atoms with Crippen molar-refractivity contribution in [2.24, 2.45) is 5.92 Å². The van der Waals surface area contributed by atoms with Crippen LogP contribution in [0.4, 0.5) is 0 Å². The molecule has 7 nitrogen and oxygen atoms in total. The van der Waals surface area contributed by atoms with Gasteiger partial charge in [0.25, 0.3) is 5.91 Å². The summed E-state index contributed by atoms with van der Waals surface area (Å²) in [6, 6.07) is 6.64. The highest BCUT2D eigenvalue weighted by molar-refractivity contribution is 8.00. The summed E-state index contributed by atoms with van der Waals surface area (Å²) in [5.41, 5.74) is 6.66. The van der Waals surface area contributed by atoms with Crippen LogP contribution in [0.5, 0.6) is 5.75 Å². The minimum Gasteiger partial charge on any atom is -0.497 e. The first-order valence-electron chi connectivity index (χ1n) is 9.66. The molecule has 156 valence electrons. The van der Waals surface area contributed by atoms with Gasteiger partial charge < -0.3 is 4.74 Å². The molecule has 2 heterocycles. The van der Waals surface area contributed by atoms with E-state index in [9.17, 15) is 9.59 Å². The lowest BCUT2D eigenvalue weighted by Crippen LogP contribution is -2.42. The van der Waals surface area contributed by atoms with Gasteiger partial charge in [-0.25, -0.2) is 9.97 Å². The minimum absolute atomic E-state index is 0.149. The summed E-state index contributed by atoms with van der Waals surface area (Å²) < 4.78 is 5.07. The Hall–Kier alpha value is -2.65. The number of aryl methyl sites for hydroxylation is 1. The predicted molar refractivity (Wildman–Crippen MR) is 118 cm³/mol. The van der Waals surface area contributed by atoms with Gasteiger partial charge in [0, 0.05) is 15.8 Å². The second-order valence-electron chi connectivity index (χ2n) is 7.23. The number of thiophene rings is 1. The SMILES string of the molecule is COc1ccc(C(=O)NNC(=O)CSc2ncnc3sc4c(c23)CC[C@H](C)C4)cc1. The van der Waals surface area contributed by atoms with Crippen molar-refractivity contribution in [2.75, 3.05) is 12.9 Å². The number of carbonyl (C=O) groups is 2. The van der Waals surface area contributed by atoms with Crippen LogP contribution in [0, 0.1) is 5.92 Å². The molecule has 0 spiro atoms. The number of methoxy groups -OCH3 is 1. The number of nitrogens with zero attached hydrogens (tertiary/aromatic N) is 2. The summed E-state index contributed by atoms with van der Waals surface area (Å²) >= 11 is 3.10. The van der Waals surface area contributed by atoms with E-state index in [2.05, 4.69) is 27.7 Å². The van der Waals surface area contributed by atoms with E-state index in [1.165, 1.54) is 22.2 Å². The van der Waals surface area contributed by atoms with Gasteiger partial charge in [-0.2, -0.15) is 0 Å². The molecule has 0 saturated heterocycles. The molecule has 0 aliphatic heterocycles. The highest BCUT2D eigenvalue weighted by atomic mass is 32.2. The van der Waals surface area contributed by atoms with Crippen LogP contribution >= 0.6 is 23.1 Å². The second-order valence-corrected chi connectivity index (χ2v) is 9.28. The van der Waals surface area contributed by atoms with Crippen molar-refractivity contribution < 1.29 is 14.3 Å². The molecule has 0 saturated carbocycles. The van der Waals surface area contributed by atoms with E-state index in [1.54, 1.807) is 49.0 Å². The standard InChI is InChI=1S/C21H22N4O3S2/c1-12-3-8-15-16(9-12)30-21-18(15)20(22-11-23-21)29-10-17(26)24-25-19(27)13-4-6-14(28-2)7-5-13/h4-7,11-12H,3,8-10H2,1-2H3,(H,24,26)(H,25,27)/t12-/m0/s1. The number of rotatable bonds is 5. The summed E-state index contributed by atoms with van der Waals surface area (Å²) in [5.74, 6) is 0.812. The highest BCUT2D eigenvalue weighted by Gasteiger charge is 2.23. The lowest BCUT2D eigenvalue weighted by atomic mass is 9.89. The Morgan fingerprint density at radius 3 is 2.80 bits per heavy atom. The maximum Gasteiger partial charge on any atom is 0.269 e. The number of hydrazine groups is 1. The van der Waals surface area contributed by atoms with Gasteiger partial charge in [-0.05, 0) is 55.0 Å². The molecule has 2 amide bonds. The quantitative estimate of drug-likeness (QED) is 0.357. The third-order valence-corrected chi connectivity index (χ3v) is 7.22. The summed E-state index contributed by atoms with van der Waals surface area (Å²) in [7, 11) is 1.56. The summed E-state index contributed by atoms with van der Waals surface area (Å²) in [5, 5.41) is 1.91. The Kier molecular flexibility index (Phi) is 6.19. The maximum atomic E-state index is 12.3. The Morgan fingerprint density at radius 1 is 1.23 bits per heavy atom. The van der Waals surface area contributed by atoms with Crippen LogP contribution in [0.1, 0.15) is 34.1 Å². The topological polar surface area (TPSA) is 93.2 Å². The molecule has 1 aliphatic rings. The fraction of sp³-hybridized carbons (Fsp3) is 0.333. The second kappa shape index (κ2) is 9.01. The molecular formula is C21H22N4O3S2. The molecule has 2 N–H and O–H groups in total. The van der Waals surface area contributed by atoms with Crippen molar-refractivity contribution in [1.29, 1.82) is 0 Å². The summed E-state index contributed by atoms with van der Waals surface area (Å²) in [4.78, 5) is 35.6. The van der Waals surface area contributed by atoms with Crippen molar-refractivity contribution >= 4 is 45.1 Å². The number of nitrogens with one attached hydrogen (secondary N) is 2. The van der Waals surface area contributed by atoms with Crippen LogP contribution in [0.3, 0.4) is 0 Å². The van der Waals surface area contributed by atoms with E-state index in [-0.39, 0.29) is 17.6 Å². The molecule has 30 heavy (non-hydrogen) atoms. The number of benzene rings is 1. The first kappa shape index (κ1) is 20.6. The van der Waals surface area contributed by atoms with Crippen molar-refractivity contribution in [3.05, 3.63) is 46.6 Å². The Labute approximate surface area is 182 Å². The number of hydrogen-bond donors (Lipinski definition) is 2. The van der Waals surface area contributed by atoms with Gasteiger partial charge in [-0.3, -0.25) is 20.4 Å². The fourth-order valence-corrected chi connectivity index (χ4v) is 5.71. The van der Waals surface area contributed by atoms with Crippen LogP contribution in [0.25, 0.3) is 10.2 Å². The molecule has 4 rings (SSSR count). The summed E-state index contributed by atoms with van der Waals surface area (Å²) in [6.07, 6.45) is 4.83. The van der Waals surface area contributed by atoms with Crippen LogP contribution in [-0.2, 0) is 17.6 Å². The van der Waals surface area contributed by atoms with Gasteiger partial charge in [0.15, 0.2) is 0 Å². The zero-order chi connectivity index (χ0) is 21.1. The first-order valence-corrected chi connectivity index (χ1v) is 11.5. The maximum absolute atomic E-state index is 12.3. The fourth-order valence-electron chi connectivity index (χ4n) is 3.47. The third kappa shape index (κ3) is 4.41. The lowest BCUT2D eigenvalue weighted by molar-refractivity contribution is -0.119. The van der Waals surface area contributed by atoms with Crippen LogP contribution in [-0.4, -0.2) is 34.6 Å². The van der Waals surface area contributed by atoms with Crippen molar-refractivity contribution in [3.63, 3.8) is 0 Å². The largest absolute Gasteiger partial charge is 0.497 e. The van der Waals surface area contributed by atoms with Gasteiger partial charge in [-0.15, -0.1) is 11.3 Å². The third-order valence-electron chi connectivity index (χ3n) is 5.06. The Balaban J connectivity index is 1.37. The van der Waals surface area contributed by atoms with Gasteiger partial charge >= 0.3 is 0 Å². The van der Waals surface area contributed by atoms with E-state index in [0.717, 1.165) is 34.5 Å². The molecule has 2 aromatic heterocycles. The van der Waals surface area contributed by atoms with E-state index in [1.807, 2.05) is 0 Å². The van der Waals surface area contributed by atoms with Crippen LogP contribution in [0.15, 0.2) is 35.6 Å². The molecular weight excluding hydrogens is 420 g/mol. The molecule has 3 aromatic rings. The zero-order valence-corrected chi connectivity index (χ0v) is 18.4. The summed E-state index contributed by atoms with van der Waals surface area (Å²) in [6.45, 7) is 2.28. The number of ether oxygens (including phenoxy) is 1. The normalized spacial score (nSPS) is 15.5. The molecule has 9 heteroatoms. The molecule has 1 atom stereocenters. The van der Waals surface area contributed by atoms with E-state index in [4.69, 9.17) is 4.74 Å². The number of amides is 2. The predicted octanol–water partition coefficient (Wildman–Crippen LogP) is 3.38. The molecule has 0 radical (unpaired) electrons. The number of fused-ring (bicyclic) bond motifs is 3. The number of thioether (sulfide) groups is 1. The van der Waals surface area contributed by atoms with E-state index >= 15 is 0 Å². The van der Waals surface area contributed by atoms with Crippen LogP contribution in [0.2, 0.25) is 0 Å². The first-order chi connectivity index (χ1) is 14.5. The molecule has 1 aliphatic carbocycles. The Morgan fingerprint density at radius 2 is 2.03 bits per heavy atom. The number of hydrogen-bond acceptors (Lipinski definition) is 7. The van der Waals surface area contributed by atoms with E-state index < -0.39 is 0 Å². The van der Waals surface area contributed by atoms with Gasteiger partial charge in [0.05, 0.1) is 12.9 Å². The molecule has 0 unspecified atom stereocenters. The average Bonchev–Trinajstić information content (AvgIpc) is 3.14. The number of carbonyl (C=O) groups excluding carboxylic acids is 2. The van der Waals surface area contributed by atoms with Crippen molar-refractivity contribution in [2.45, 2.75) is 31.2 Å². The van der Waals surface area contributed by atoms with Crippen molar-refractivity contribution in [1.82, 2.24) is 20.8 Å². The number of aromatic nitrogens is 2. The van der Waals surface area contributed by atoms with Gasteiger partial charge in [0.2, 0.25) is 5.91 Å². The minimum atomic E-state index is -0.388. The molecule has 0 bridgehead atoms. The van der Waals surface area contributed by atoms with Crippen molar-refractivity contribution in [3.8, 4) is 5.75 Å². The highest BCUT2D eigenvalue weighted by Crippen LogP contribution is 2.40. The molecule has 0 fully saturated rings. The Bertz CT molecular complexity index is 1080. The van der Waals surface area contributed by atoms with E-state index in [0.29, 0.717) is 17.2 Å². The van der Waals surface area contributed by atoms with Crippen LogP contribution < -0.4 is 15.6 Å².